The Hall–Kier alpha value is -0.863. The summed E-state index contributed by atoms with van der Waals surface area (Å²) in [5, 5.41) is 1.39. The second-order valence-corrected chi connectivity index (χ2v) is 15.7. The standard InChI is InChI=1S/C23H39NO4SSi/c1-16-19(15-20(25)24(6)26-7)27-22(29-18-13-11-10-12-14-18)17(2)21(16)28-30(8,9)23(3,4)5/h10-14,16-17,19,21-22H,15H2,1-9H3/t16-,17+,19-,21-,22-/m0/s1. The summed E-state index contributed by atoms with van der Waals surface area (Å²) in [6.07, 6.45) is 0.0929. The Morgan fingerprint density at radius 1 is 1.17 bits per heavy atom. The van der Waals surface area contributed by atoms with Gasteiger partial charge in [0.05, 0.1) is 25.7 Å². The molecule has 0 N–H and O–H groups in total. The zero-order valence-electron chi connectivity index (χ0n) is 20.0. The first-order valence-corrected chi connectivity index (χ1v) is 14.5. The molecule has 0 spiro atoms. The van der Waals surface area contributed by atoms with Gasteiger partial charge < -0.3 is 9.16 Å². The van der Waals surface area contributed by atoms with Gasteiger partial charge in [0.2, 0.25) is 5.91 Å². The van der Waals surface area contributed by atoms with E-state index in [1.165, 1.54) is 12.2 Å². The van der Waals surface area contributed by atoms with Crippen molar-refractivity contribution in [1.82, 2.24) is 5.06 Å². The van der Waals surface area contributed by atoms with E-state index >= 15 is 0 Å². The number of ether oxygens (including phenoxy) is 1. The summed E-state index contributed by atoms with van der Waals surface area (Å²) >= 11 is 1.71. The van der Waals surface area contributed by atoms with Gasteiger partial charge in [0.1, 0.15) is 5.44 Å². The number of carbonyl (C=O) groups is 1. The largest absolute Gasteiger partial charge is 0.413 e. The number of hydroxylamine groups is 2. The number of amides is 1. The molecule has 1 aliphatic heterocycles. The minimum absolute atomic E-state index is 0.0338. The lowest BCUT2D eigenvalue weighted by Crippen LogP contribution is -2.55. The second-order valence-electron chi connectivity index (χ2n) is 9.81. The third-order valence-electron chi connectivity index (χ3n) is 6.59. The number of benzene rings is 1. The van der Waals surface area contributed by atoms with Crippen molar-refractivity contribution in [1.29, 1.82) is 0 Å². The van der Waals surface area contributed by atoms with Crippen LogP contribution in [-0.2, 0) is 18.8 Å². The van der Waals surface area contributed by atoms with E-state index in [-0.39, 0.29) is 46.8 Å². The van der Waals surface area contributed by atoms with Crippen LogP contribution in [0.4, 0.5) is 0 Å². The van der Waals surface area contributed by atoms with Gasteiger partial charge in [0, 0.05) is 23.8 Å². The number of hydrogen-bond donors (Lipinski definition) is 0. The van der Waals surface area contributed by atoms with Crippen molar-refractivity contribution < 1.29 is 18.8 Å². The molecule has 5 nitrogen and oxygen atoms in total. The van der Waals surface area contributed by atoms with Crippen LogP contribution in [0.1, 0.15) is 41.0 Å². The summed E-state index contributed by atoms with van der Waals surface area (Å²) in [5.74, 6) is 0.222. The first-order chi connectivity index (χ1) is 13.9. The number of hydrogen-bond acceptors (Lipinski definition) is 5. The summed E-state index contributed by atoms with van der Waals surface area (Å²) < 4.78 is 13.4. The minimum atomic E-state index is -1.98. The number of nitrogens with zero attached hydrogens (tertiary/aromatic N) is 1. The van der Waals surface area contributed by atoms with Crippen LogP contribution in [0.25, 0.3) is 0 Å². The zero-order valence-corrected chi connectivity index (χ0v) is 21.8. The molecule has 0 radical (unpaired) electrons. The van der Waals surface area contributed by atoms with E-state index in [1.807, 2.05) is 18.2 Å². The van der Waals surface area contributed by atoms with Crippen LogP contribution in [0.3, 0.4) is 0 Å². The molecule has 1 heterocycles. The van der Waals surface area contributed by atoms with Gasteiger partial charge in [0.25, 0.3) is 0 Å². The number of carbonyl (C=O) groups excluding carboxylic acids is 1. The van der Waals surface area contributed by atoms with E-state index in [4.69, 9.17) is 14.0 Å². The first-order valence-electron chi connectivity index (χ1n) is 10.7. The Labute approximate surface area is 187 Å². The van der Waals surface area contributed by atoms with Crippen molar-refractivity contribution in [2.75, 3.05) is 14.2 Å². The molecule has 1 amide bonds. The Bertz CT molecular complexity index is 694. The van der Waals surface area contributed by atoms with Crippen LogP contribution >= 0.6 is 11.8 Å². The molecule has 0 aromatic heterocycles. The highest BCUT2D eigenvalue weighted by Crippen LogP contribution is 2.45. The summed E-state index contributed by atoms with van der Waals surface area (Å²) in [5.41, 5.74) is -0.0796. The molecule has 2 rings (SSSR count). The predicted octanol–water partition coefficient (Wildman–Crippen LogP) is 5.58. The quantitative estimate of drug-likeness (QED) is 0.399. The molecule has 1 aliphatic rings. The molecule has 170 valence electrons. The Morgan fingerprint density at radius 3 is 2.30 bits per heavy atom. The molecule has 1 saturated heterocycles. The van der Waals surface area contributed by atoms with Gasteiger partial charge in [-0.3, -0.25) is 9.63 Å². The highest BCUT2D eigenvalue weighted by molar-refractivity contribution is 7.99. The van der Waals surface area contributed by atoms with Crippen LogP contribution in [-0.4, -0.2) is 51.1 Å². The smallest absolute Gasteiger partial charge is 0.248 e. The highest BCUT2D eigenvalue weighted by Gasteiger charge is 2.48. The van der Waals surface area contributed by atoms with Crippen molar-refractivity contribution >= 4 is 26.0 Å². The van der Waals surface area contributed by atoms with Crippen LogP contribution < -0.4 is 0 Å². The third-order valence-corrected chi connectivity index (χ3v) is 12.4. The molecule has 5 atom stereocenters. The molecular formula is C23H39NO4SSi. The lowest BCUT2D eigenvalue weighted by Gasteiger charge is -2.49. The normalized spacial score (nSPS) is 27.7. The van der Waals surface area contributed by atoms with E-state index in [9.17, 15) is 4.79 Å². The fourth-order valence-corrected chi connectivity index (χ4v) is 6.02. The minimum Gasteiger partial charge on any atom is -0.413 e. The Morgan fingerprint density at radius 2 is 1.77 bits per heavy atom. The third kappa shape index (κ3) is 6.10. The maximum atomic E-state index is 12.6. The fraction of sp³-hybridized carbons (Fsp3) is 0.696. The molecule has 30 heavy (non-hydrogen) atoms. The van der Waals surface area contributed by atoms with Gasteiger partial charge in [-0.1, -0.05) is 64.6 Å². The summed E-state index contributed by atoms with van der Waals surface area (Å²) in [6.45, 7) is 15.7. The topological polar surface area (TPSA) is 48.0 Å². The highest BCUT2D eigenvalue weighted by atomic mass is 32.2. The molecule has 0 unspecified atom stereocenters. The number of rotatable bonds is 7. The van der Waals surface area contributed by atoms with E-state index in [0.29, 0.717) is 0 Å². The molecular weight excluding hydrogens is 414 g/mol. The number of thioether (sulfide) groups is 1. The fourth-order valence-electron chi connectivity index (χ4n) is 3.40. The van der Waals surface area contributed by atoms with E-state index in [0.717, 1.165) is 4.90 Å². The van der Waals surface area contributed by atoms with Crippen LogP contribution in [0.5, 0.6) is 0 Å². The van der Waals surface area contributed by atoms with Crippen molar-refractivity contribution in [2.45, 2.75) is 81.7 Å². The monoisotopic (exact) mass is 453 g/mol. The van der Waals surface area contributed by atoms with Gasteiger partial charge in [0.15, 0.2) is 8.32 Å². The summed E-state index contributed by atoms with van der Waals surface area (Å²) in [6, 6.07) is 10.3. The molecule has 1 aromatic carbocycles. The predicted molar refractivity (Wildman–Crippen MR) is 126 cm³/mol. The van der Waals surface area contributed by atoms with Gasteiger partial charge in [-0.25, -0.2) is 5.06 Å². The average Bonchev–Trinajstić information content (AvgIpc) is 2.68. The molecule has 7 heteroatoms. The Balaban J connectivity index is 2.29. The van der Waals surface area contributed by atoms with Gasteiger partial charge in [-0.05, 0) is 30.3 Å². The molecule has 0 aliphatic carbocycles. The lowest BCUT2D eigenvalue weighted by atomic mass is 9.85. The first kappa shape index (κ1) is 25.4. The van der Waals surface area contributed by atoms with Crippen LogP contribution in [0.2, 0.25) is 18.1 Å². The lowest BCUT2D eigenvalue weighted by molar-refractivity contribution is -0.179. The van der Waals surface area contributed by atoms with Gasteiger partial charge >= 0.3 is 0 Å². The SMILES string of the molecule is CON(C)C(=O)C[C@@H]1O[C@@H](Sc2ccccc2)[C@H](C)[C@@H](O[Si](C)(C)C(C)(C)C)[C@H]1C. The maximum Gasteiger partial charge on any atom is 0.248 e. The van der Waals surface area contributed by atoms with Crippen molar-refractivity contribution in [2.24, 2.45) is 11.8 Å². The van der Waals surface area contributed by atoms with E-state index in [2.05, 4.69) is 59.8 Å². The van der Waals surface area contributed by atoms with Crippen molar-refractivity contribution in [3.63, 3.8) is 0 Å². The van der Waals surface area contributed by atoms with Gasteiger partial charge in [-0.2, -0.15) is 0 Å². The molecule has 0 saturated carbocycles. The molecule has 1 fully saturated rings. The second kappa shape index (κ2) is 10.2. The maximum absolute atomic E-state index is 12.6. The summed E-state index contributed by atoms with van der Waals surface area (Å²) in [7, 11) is 1.16. The zero-order chi connectivity index (χ0) is 22.7. The Kier molecular flexibility index (Phi) is 8.61. The van der Waals surface area contributed by atoms with Crippen LogP contribution in [0, 0.1) is 11.8 Å². The molecule has 0 bridgehead atoms. The average molecular weight is 454 g/mol. The van der Waals surface area contributed by atoms with Gasteiger partial charge in [-0.15, -0.1) is 0 Å². The van der Waals surface area contributed by atoms with Crippen LogP contribution in [0.15, 0.2) is 35.2 Å². The van der Waals surface area contributed by atoms with E-state index in [1.54, 1.807) is 18.8 Å². The van der Waals surface area contributed by atoms with Crippen molar-refractivity contribution in [3.05, 3.63) is 30.3 Å². The molecule has 1 aromatic rings. The summed E-state index contributed by atoms with van der Waals surface area (Å²) in [4.78, 5) is 18.8. The van der Waals surface area contributed by atoms with Crippen molar-refractivity contribution in [3.8, 4) is 0 Å². The van der Waals surface area contributed by atoms with E-state index < -0.39 is 8.32 Å².